The van der Waals surface area contributed by atoms with Crippen LogP contribution in [0.1, 0.15) is 6.92 Å². The normalized spacial score (nSPS) is 4.50. The van der Waals surface area contributed by atoms with E-state index in [0.717, 1.165) is 0 Å². The van der Waals surface area contributed by atoms with Crippen LogP contribution in [0.15, 0.2) is 0 Å². The molecular formula is C2H5ORb. The van der Waals surface area contributed by atoms with E-state index in [1.807, 2.05) is 0 Å². The smallest absolute Gasteiger partial charge is 0.855 e. The van der Waals surface area contributed by atoms with E-state index in [2.05, 4.69) is 0 Å². The third-order valence-corrected chi connectivity index (χ3v) is 0. The van der Waals surface area contributed by atoms with Crippen LogP contribution in [0.2, 0.25) is 0 Å². The van der Waals surface area contributed by atoms with Crippen molar-refractivity contribution in [3.05, 3.63) is 0 Å². The Morgan fingerprint density at radius 1 is 1.75 bits per heavy atom. The Bertz CT molecular complexity index is 6.00. The van der Waals surface area contributed by atoms with Gasteiger partial charge in [-0.2, -0.15) is 0 Å². The quantitative estimate of drug-likeness (QED) is 0.332. The molecule has 0 radical (unpaired) electrons. The minimum atomic E-state index is 0. The monoisotopic (exact) mass is 130 g/mol. The van der Waals surface area contributed by atoms with Gasteiger partial charge in [0.05, 0.1) is 0 Å². The maximum Gasteiger partial charge on any atom is 1.00 e. The van der Waals surface area contributed by atoms with E-state index in [4.69, 9.17) is 5.11 Å². The Hall–Kier alpha value is 1.77. The van der Waals surface area contributed by atoms with Crippen LogP contribution in [0.4, 0.5) is 0 Å². The molecule has 20 valence electrons. The summed E-state index contributed by atoms with van der Waals surface area (Å²) in [4.78, 5) is 0. The third-order valence-electron chi connectivity index (χ3n) is 0. The van der Waals surface area contributed by atoms with Gasteiger partial charge in [0.25, 0.3) is 0 Å². The molecule has 0 unspecified atom stereocenters. The maximum atomic E-state index is 8.93. The van der Waals surface area contributed by atoms with Gasteiger partial charge in [-0.05, 0) is 0 Å². The molecule has 1 nitrogen and oxygen atoms in total. The van der Waals surface area contributed by atoms with Crippen molar-refractivity contribution >= 4 is 0 Å². The van der Waals surface area contributed by atoms with Gasteiger partial charge in [0, 0.05) is 0 Å². The van der Waals surface area contributed by atoms with Crippen molar-refractivity contribution in [2.24, 2.45) is 0 Å². The molecule has 0 aliphatic carbocycles. The van der Waals surface area contributed by atoms with Crippen LogP contribution in [-0.4, -0.2) is 6.61 Å². The van der Waals surface area contributed by atoms with Gasteiger partial charge >= 0.3 is 58.2 Å². The Kier molecular flexibility index (Phi) is 20.4. The molecule has 2 heteroatoms. The zero-order valence-corrected chi connectivity index (χ0v) is 8.03. The third kappa shape index (κ3) is 9.24. The molecule has 0 aromatic rings. The molecule has 0 aliphatic heterocycles. The van der Waals surface area contributed by atoms with Gasteiger partial charge in [0.2, 0.25) is 0 Å². The molecule has 0 N–H and O–H groups in total. The van der Waals surface area contributed by atoms with E-state index >= 15 is 0 Å². The zero-order valence-electron chi connectivity index (χ0n) is 3.12. The molecule has 4 heavy (non-hydrogen) atoms. The van der Waals surface area contributed by atoms with Crippen molar-refractivity contribution in [1.82, 2.24) is 0 Å². The fraction of sp³-hybridized carbons (Fsp3) is 1.00. The van der Waals surface area contributed by atoms with Crippen molar-refractivity contribution < 1.29 is 63.3 Å². The average Bonchev–Trinajstić information content (AvgIpc) is 0.918. The van der Waals surface area contributed by atoms with Crippen molar-refractivity contribution in [3.63, 3.8) is 0 Å². The van der Waals surface area contributed by atoms with E-state index in [1.165, 1.54) is 0 Å². The summed E-state index contributed by atoms with van der Waals surface area (Å²) in [6.45, 7) is 1.57. The number of rotatable bonds is 0. The van der Waals surface area contributed by atoms with Gasteiger partial charge < -0.3 is 5.11 Å². The summed E-state index contributed by atoms with van der Waals surface area (Å²) < 4.78 is 0. The summed E-state index contributed by atoms with van der Waals surface area (Å²) in [7, 11) is 0. The Balaban J connectivity index is 0. The van der Waals surface area contributed by atoms with Crippen molar-refractivity contribution in [3.8, 4) is 0 Å². The first-order valence-electron chi connectivity index (χ1n) is 0.996. The molecule has 0 aliphatic rings. The molecule has 0 rings (SSSR count). The minimum absolute atomic E-state index is 0. The summed E-state index contributed by atoms with van der Waals surface area (Å²) in [5.74, 6) is 0. The number of hydrogen-bond donors (Lipinski definition) is 0. The van der Waals surface area contributed by atoms with E-state index in [9.17, 15) is 0 Å². The first-order valence-corrected chi connectivity index (χ1v) is 0.996. The van der Waals surface area contributed by atoms with Crippen molar-refractivity contribution in [1.29, 1.82) is 0 Å². The van der Waals surface area contributed by atoms with Gasteiger partial charge in [0.1, 0.15) is 0 Å². The summed E-state index contributed by atoms with van der Waals surface area (Å²) >= 11 is 0. The molecule has 0 saturated heterocycles. The Labute approximate surface area is 75.2 Å². The van der Waals surface area contributed by atoms with Gasteiger partial charge in [-0.1, -0.05) is 6.92 Å². The van der Waals surface area contributed by atoms with Crippen LogP contribution >= 0.6 is 0 Å². The molecule has 0 amide bonds. The number of hydrogen-bond acceptors (Lipinski definition) is 1. The van der Waals surface area contributed by atoms with E-state index in [0.29, 0.717) is 0 Å². The second-order valence-electron chi connectivity index (χ2n) is 0.289. The fourth-order valence-corrected chi connectivity index (χ4v) is 0. The van der Waals surface area contributed by atoms with Crippen LogP contribution in [-0.2, 0) is 0 Å². The molecule has 0 bridgehead atoms. The predicted molar refractivity (Wildman–Crippen MR) is 10.5 cm³/mol. The van der Waals surface area contributed by atoms with Crippen molar-refractivity contribution in [2.45, 2.75) is 6.92 Å². The topological polar surface area (TPSA) is 23.1 Å². The van der Waals surface area contributed by atoms with E-state index < -0.39 is 0 Å². The second kappa shape index (κ2) is 8.83. The van der Waals surface area contributed by atoms with Crippen LogP contribution in [0.5, 0.6) is 0 Å². The van der Waals surface area contributed by atoms with Crippen molar-refractivity contribution in [2.75, 3.05) is 6.61 Å². The van der Waals surface area contributed by atoms with Gasteiger partial charge in [-0.3, -0.25) is 0 Å². The maximum absolute atomic E-state index is 8.93. The van der Waals surface area contributed by atoms with Crippen LogP contribution in [0.3, 0.4) is 0 Å². The van der Waals surface area contributed by atoms with Crippen LogP contribution in [0, 0.1) is 0 Å². The van der Waals surface area contributed by atoms with Crippen LogP contribution < -0.4 is 63.3 Å². The zero-order chi connectivity index (χ0) is 2.71. The predicted octanol–water partition coefficient (Wildman–Crippen LogP) is -3.63. The van der Waals surface area contributed by atoms with E-state index in [-0.39, 0.29) is 64.8 Å². The van der Waals surface area contributed by atoms with Gasteiger partial charge in [-0.15, -0.1) is 6.61 Å². The molecule has 0 spiro atoms. The largest absolute Gasteiger partial charge is 1.00 e. The summed E-state index contributed by atoms with van der Waals surface area (Å²) in [6, 6.07) is 0. The van der Waals surface area contributed by atoms with Crippen LogP contribution in [0.25, 0.3) is 0 Å². The summed E-state index contributed by atoms with van der Waals surface area (Å²) in [5, 5.41) is 8.93. The average molecular weight is 131 g/mol. The van der Waals surface area contributed by atoms with E-state index in [1.54, 1.807) is 6.92 Å². The summed E-state index contributed by atoms with van der Waals surface area (Å²) in [6.07, 6.45) is 0. The van der Waals surface area contributed by atoms with Gasteiger partial charge in [-0.25, -0.2) is 0 Å². The SMILES string of the molecule is CC[O-].[Rb+]. The Morgan fingerprint density at radius 3 is 1.75 bits per heavy atom. The molecule has 0 atom stereocenters. The Morgan fingerprint density at radius 2 is 1.75 bits per heavy atom. The fourth-order valence-electron chi connectivity index (χ4n) is 0. The second-order valence-corrected chi connectivity index (χ2v) is 0.289. The molecular weight excluding hydrogens is 125 g/mol. The van der Waals surface area contributed by atoms with Gasteiger partial charge in [0.15, 0.2) is 0 Å². The first-order chi connectivity index (χ1) is 1.41. The molecule has 0 aromatic carbocycles. The molecule has 0 fully saturated rings. The molecule has 0 aromatic heterocycles. The minimum Gasteiger partial charge on any atom is -0.855 e. The summed E-state index contributed by atoms with van der Waals surface area (Å²) in [5.41, 5.74) is 0. The standard InChI is InChI=1S/C2H5O.Rb/c1-2-3;/h2H2,1H3;/q-1;+1. The molecule has 0 saturated carbocycles. The first kappa shape index (κ1) is 9.23. The molecule has 0 heterocycles.